The number of anilines is 3. The first-order chi connectivity index (χ1) is 9.10. The molecule has 0 saturated carbocycles. The average molecular weight is 259 g/mol. The van der Waals surface area contributed by atoms with Gasteiger partial charge in [0.2, 0.25) is 0 Å². The number of methoxy groups -OCH3 is 1. The van der Waals surface area contributed by atoms with E-state index >= 15 is 0 Å². The molecule has 2 aromatic rings. The second kappa shape index (κ2) is 5.26. The van der Waals surface area contributed by atoms with E-state index in [1.54, 1.807) is 36.4 Å². The van der Waals surface area contributed by atoms with E-state index in [-0.39, 0.29) is 5.69 Å². The van der Waals surface area contributed by atoms with Gasteiger partial charge in [-0.1, -0.05) is 0 Å². The molecular weight excluding hydrogens is 246 g/mol. The maximum Gasteiger partial charge on any atom is 0.296 e. The standard InChI is InChI=1S/C13H13N3O3/c1-19-11-6-7-12(13(8-11)16(17)18)15-10-4-2-9(14)3-5-10/h2-8,15H,14H2,1H3. The molecular formula is C13H13N3O3. The maximum absolute atomic E-state index is 11.0. The summed E-state index contributed by atoms with van der Waals surface area (Å²) >= 11 is 0. The monoisotopic (exact) mass is 259 g/mol. The molecule has 0 radical (unpaired) electrons. The van der Waals surface area contributed by atoms with E-state index in [1.807, 2.05) is 0 Å². The van der Waals surface area contributed by atoms with Crippen LogP contribution in [0.4, 0.5) is 22.7 Å². The first-order valence-electron chi connectivity index (χ1n) is 5.55. The number of nitrogens with one attached hydrogen (secondary N) is 1. The first-order valence-corrected chi connectivity index (χ1v) is 5.55. The van der Waals surface area contributed by atoms with E-state index in [2.05, 4.69) is 5.32 Å². The summed E-state index contributed by atoms with van der Waals surface area (Å²) in [6, 6.07) is 11.6. The number of nitro groups is 1. The Morgan fingerprint density at radius 1 is 1.21 bits per heavy atom. The lowest BCUT2D eigenvalue weighted by Gasteiger charge is -2.08. The third-order valence-electron chi connectivity index (χ3n) is 2.59. The second-order valence-electron chi connectivity index (χ2n) is 3.89. The highest BCUT2D eigenvalue weighted by atomic mass is 16.6. The van der Waals surface area contributed by atoms with Gasteiger partial charge in [0.15, 0.2) is 0 Å². The lowest BCUT2D eigenvalue weighted by Crippen LogP contribution is -1.98. The highest BCUT2D eigenvalue weighted by Crippen LogP contribution is 2.31. The molecule has 0 fully saturated rings. The Bertz CT molecular complexity index is 597. The van der Waals surface area contributed by atoms with Crippen molar-refractivity contribution in [1.29, 1.82) is 0 Å². The van der Waals surface area contributed by atoms with Crippen LogP contribution < -0.4 is 15.8 Å². The summed E-state index contributed by atoms with van der Waals surface area (Å²) in [5.41, 5.74) is 7.30. The molecule has 0 aliphatic rings. The van der Waals surface area contributed by atoms with Crippen LogP contribution in [0.1, 0.15) is 0 Å². The number of nitrogens with two attached hydrogens (primary N) is 1. The van der Waals surface area contributed by atoms with Gasteiger partial charge in [-0.3, -0.25) is 10.1 Å². The zero-order valence-corrected chi connectivity index (χ0v) is 10.3. The highest BCUT2D eigenvalue weighted by Gasteiger charge is 2.15. The minimum atomic E-state index is -0.456. The van der Waals surface area contributed by atoms with Gasteiger partial charge in [0.1, 0.15) is 11.4 Å². The van der Waals surface area contributed by atoms with E-state index in [9.17, 15) is 10.1 Å². The fraction of sp³-hybridized carbons (Fsp3) is 0.0769. The fourth-order valence-corrected chi connectivity index (χ4v) is 1.62. The van der Waals surface area contributed by atoms with Crippen molar-refractivity contribution in [3.05, 3.63) is 52.6 Å². The molecule has 2 aromatic carbocycles. The summed E-state index contributed by atoms with van der Waals surface area (Å²) in [4.78, 5) is 10.6. The molecule has 0 unspecified atom stereocenters. The summed E-state index contributed by atoms with van der Waals surface area (Å²) in [6.45, 7) is 0. The average Bonchev–Trinajstić information content (AvgIpc) is 2.41. The minimum Gasteiger partial charge on any atom is -0.496 e. The van der Waals surface area contributed by atoms with Gasteiger partial charge in [-0.15, -0.1) is 0 Å². The van der Waals surface area contributed by atoms with Gasteiger partial charge >= 0.3 is 0 Å². The van der Waals surface area contributed by atoms with Crippen molar-refractivity contribution in [1.82, 2.24) is 0 Å². The number of benzene rings is 2. The fourth-order valence-electron chi connectivity index (χ4n) is 1.62. The van der Waals surface area contributed by atoms with Gasteiger partial charge < -0.3 is 15.8 Å². The van der Waals surface area contributed by atoms with E-state index in [1.165, 1.54) is 13.2 Å². The van der Waals surface area contributed by atoms with Crippen molar-refractivity contribution in [2.24, 2.45) is 0 Å². The summed E-state index contributed by atoms with van der Waals surface area (Å²) in [5.74, 6) is 0.439. The molecule has 6 heteroatoms. The van der Waals surface area contributed by atoms with E-state index in [4.69, 9.17) is 10.5 Å². The summed E-state index contributed by atoms with van der Waals surface area (Å²) in [7, 11) is 1.46. The Labute approximate surface area is 110 Å². The van der Waals surface area contributed by atoms with Crippen LogP contribution in [-0.4, -0.2) is 12.0 Å². The van der Waals surface area contributed by atoms with Gasteiger partial charge in [0.25, 0.3) is 5.69 Å². The lowest BCUT2D eigenvalue weighted by atomic mass is 10.2. The predicted octanol–water partition coefficient (Wildman–Crippen LogP) is 2.93. The van der Waals surface area contributed by atoms with E-state index in [0.717, 1.165) is 5.69 Å². The quantitative estimate of drug-likeness (QED) is 0.500. The predicted molar refractivity (Wildman–Crippen MR) is 73.8 cm³/mol. The molecule has 3 N–H and O–H groups in total. The summed E-state index contributed by atoms with van der Waals surface area (Å²) in [6.07, 6.45) is 0. The molecule has 0 saturated heterocycles. The van der Waals surface area contributed by atoms with Crippen molar-refractivity contribution >= 4 is 22.7 Å². The Morgan fingerprint density at radius 2 is 1.89 bits per heavy atom. The Balaban J connectivity index is 2.33. The molecule has 0 aliphatic carbocycles. The van der Waals surface area contributed by atoms with Gasteiger partial charge in [0, 0.05) is 11.4 Å². The molecule has 98 valence electrons. The van der Waals surface area contributed by atoms with E-state index < -0.39 is 4.92 Å². The van der Waals surface area contributed by atoms with Crippen molar-refractivity contribution in [2.75, 3.05) is 18.2 Å². The lowest BCUT2D eigenvalue weighted by molar-refractivity contribution is -0.384. The van der Waals surface area contributed by atoms with E-state index in [0.29, 0.717) is 17.1 Å². The number of nitrogens with zero attached hydrogens (tertiary/aromatic N) is 1. The second-order valence-corrected chi connectivity index (χ2v) is 3.89. The topological polar surface area (TPSA) is 90.4 Å². The summed E-state index contributed by atoms with van der Waals surface area (Å²) < 4.78 is 4.98. The van der Waals surface area contributed by atoms with Gasteiger partial charge in [-0.25, -0.2) is 0 Å². The van der Waals surface area contributed by atoms with Crippen LogP contribution in [0.5, 0.6) is 5.75 Å². The van der Waals surface area contributed by atoms with Crippen LogP contribution in [-0.2, 0) is 0 Å². The van der Waals surface area contributed by atoms with Crippen LogP contribution >= 0.6 is 0 Å². The number of nitro benzene ring substituents is 1. The SMILES string of the molecule is COc1ccc(Nc2ccc(N)cc2)c([N+](=O)[O-])c1. The third kappa shape index (κ3) is 2.92. The number of ether oxygens (including phenoxy) is 1. The molecule has 0 aliphatic heterocycles. The van der Waals surface area contributed by atoms with Crippen LogP contribution in [0.3, 0.4) is 0 Å². The molecule has 6 nitrogen and oxygen atoms in total. The van der Waals surface area contributed by atoms with Crippen LogP contribution in [0.15, 0.2) is 42.5 Å². The normalized spacial score (nSPS) is 9.95. The number of hydrogen-bond donors (Lipinski definition) is 2. The van der Waals surface area contributed by atoms with Crippen LogP contribution in [0, 0.1) is 10.1 Å². The zero-order chi connectivity index (χ0) is 13.8. The highest BCUT2D eigenvalue weighted by molar-refractivity contribution is 5.71. The minimum absolute atomic E-state index is 0.0452. The Morgan fingerprint density at radius 3 is 2.47 bits per heavy atom. The summed E-state index contributed by atoms with van der Waals surface area (Å²) in [5, 5.41) is 14.0. The molecule has 0 bridgehead atoms. The van der Waals surface area contributed by atoms with Crippen LogP contribution in [0.25, 0.3) is 0 Å². The van der Waals surface area contributed by atoms with Crippen molar-refractivity contribution in [2.45, 2.75) is 0 Å². The molecule has 0 spiro atoms. The Kier molecular flexibility index (Phi) is 3.51. The molecule has 19 heavy (non-hydrogen) atoms. The first kappa shape index (κ1) is 12.7. The molecule has 0 atom stereocenters. The molecule has 0 amide bonds. The molecule has 2 rings (SSSR count). The van der Waals surface area contributed by atoms with Gasteiger partial charge in [-0.05, 0) is 36.4 Å². The Hall–Kier alpha value is -2.76. The number of nitrogen functional groups attached to an aromatic ring is 1. The van der Waals surface area contributed by atoms with Crippen molar-refractivity contribution in [3.63, 3.8) is 0 Å². The van der Waals surface area contributed by atoms with Crippen molar-refractivity contribution < 1.29 is 9.66 Å². The third-order valence-corrected chi connectivity index (χ3v) is 2.59. The largest absolute Gasteiger partial charge is 0.496 e. The molecule has 0 aromatic heterocycles. The van der Waals surface area contributed by atoms with Gasteiger partial charge in [0.05, 0.1) is 18.1 Å². The zero-order valence-electron chi connectivity index (χ0n) is 10.3. The number of rotatable bonds is 4. The molecule has 0 heterocycles. The van der Waals surface area contributed by atoms with Crippen molar-refractivity contribution in [3.8, 4) is 5.75 Å². The smallest absolute Gasteiger partial charge is 0.296 e. The number of hydrogen-bond acceptors (Lipinski definition) is 5. The van der Waals surface area contributed by atoms with Crippen LogP contribution in [0.2, 0.25) is 0 Å². The van der Waals surface area contributed by atoms with Gasteiger partial charge in [-0.2, -0.15) is 0 Å². The maximum atomic E-state index is 11.0.